The lowest BCUT2D eigenvalue weighted by molar-refractivity contribution is -0.144. The third-order valence-corrected chi connectivity index (χ3v) is 9.11. The summed E-state index contributed by atoms with van der Waals surface area (Å²) in [5.41, 5.74) is 0. The zero-order valence-electron chi connectivity index (χ0n) is 28.6. The maximum atomic E-state index is 12.3. The summed E-state index contributed by atoms with van der Waals surface area (Å²) in [6.07, 6.45) is 30.1. The number of unbranched alkanes of at least 4 members (excludes halogenated alkanes) is 13. The molecule has 1 fully saturated rings. The van der Waals surface area contributed by atoms with E-state index in [1.807, 2.05) is 0 Å². The smallest absolute Gasteiger partial charge is 0.305 e. The summed E-state index contributed by atoms with van der Waals surface area (Å²) in [5.74, 6) is 0.707. The Balaban J connectivity index is 2.14. The van der Waals surface area contributed by atoms with Crippen molar-refractivity contribution in [2.75, 3.05) is 39.6 Å². The third kappa shape index (κ3) is 26.0. The molecule has 0 N–H and O–H groups in total. The highest BCUT2D eigenvalue weighted by atomic mass is 16.7. The molecule has 0 amide bonds. The van der Waals surface area contributed by atoms with Gasteiger partial charge >= 0.3 is 5.97 Å². The number of esters is 1. The molecule has 1 aliphatic rings. The molecule has 0 spiro atoms. The number of nitrogens with zero attached hydrogens (tertiary/aromatic N) is 1. The monoisotopic (exact) mass is 610 g/mol. The first-order valence-corrected chi connectivity index (χ1v) is 18.7. The van der Waals surface area contributed by atoms with Crippen LogP contribution in [0.3, 0.4) is 0 Å². The summed E-state index contributed by atoms with van der Waals surface area (Å²) in [7, 11) is 0. The molecule has 43 heavy (non-hydrogen) atoms. The Hall–Kier alpha value is -0.980. The molecule has 1 rings (SSSR count). The molecule has 0 aromatic carbocycles. The highest BCUT2D eigenvalue weighted by Gasteiger charge is 2.13. The predicted octanol–water partition coefficient (Wildman–Crippen LogP) is 9.81. The molecule has 0 aromatic rings. The Morgan fingerprint density at radius 2 is 1.28 bits per heavy atom. The average molecular weight is 610 g/mol. The van der Waals surface area contributed by atoms with Gasteiger partial charge in [-0.3, -0.25) is 4.79 Å². The Kier molecular flexibility index (Phi) is 28.9. The first kappa shape index (κ1) is 40.0. The van der Waals surface area contributed by atoms with Crippen molar-refractivity contribution >= 4 is 12.3 Å². The van der Waals surface area contributed by atoms with Crippen LogP contribution in [0.25, 0.3) is 0 Å². The molecule has 1 unspecified atom stereocenters. The van der Waals surface area contributed by atoms with Crippen molar-refractivity contribution in [3.8, 4) is 0 Å². The van der Waals surface area contributed by atoms with E-state index in [9.17, 15) is 9.59 Å². The van der Waals surface area contributed by atoms with Gasteiger partial charge in [0.25, 0.3) is 0 Å². The van der Waals surface area contributed by atoms with Crippen molar-refractivity contribution in [3.63, 3.8) is 0 Å². The van der Waals surface area contributed by atoms with Gasteiger partial charge in [-0.15, -0.1) is 0 Å². The van der Waals surface area contributed by atoms with Crippen molar-refractivity contribution in [3.05, 3.63) is 0 Å². The number of rotatable bonds is 33. The highest BCUT2D eigenvalue weighted by Crippen LogP contribution is 2.21. The van der Waals surface area contributed by atoms with Gasteiger partial charge in [-0.1, -0.05) is 117 Å². The average Bonchev–Trinajstić information content (AvgIpc) is 3.53. The molecule has 1 heterocycles. The lowest BCUT2D eigenvalue weighted by Gasteiger charge is -2.19. The number of carbonyl (C=O) groups is 2. The molecular weight excluding hydrogens is 538 g/mol. The number of hydrogen-bond acceptors (Lipinski definition) is 6. The van der Waals surface area contributed by atoms with E-state index in [1.165, 1.54) is 116 Å². The first-order valence-electron chi connectivity index (χ1n) is 18.7. The Morgan fingerprint density at radius 3 is 1.91 bits per heavy atom. The summed E-state index contributed by atoms with van der Waals surface area (Å²) in [6, 6.07) is 0. The summed E-state index contributed by atoms with van der Waals surface area (Å²) in [5, 5.41) is 0. The van der Waals surface area contributed by atoms with Crippen LogP contribution in [0.2, 0.25) is 0 Å². The predicted molar refractivity (Wildman–Crippen MR) is 179 cm³/mol. The van der Waals surface area contributed by atoms with Crippen LogP contribution in [-0.2, 0) is 23.8 Å². The van der Waals surface area contributed by atoms with Gasteiger partial charge < -0.3 is 23.9 Å². The minimum atomic E-state index is -0.00906. The molecule has 6 nitrogen and oxygen atoms in total. The van der Waals surface area contributed by atoms with E-state index in [0.29, 0.717) is 32.2 Å². The van der Waals surface area contributed by atoms with Gasteiger partial charge in [-0.2, -0.15) is 0 Å². The van der Waals surface area contributed by atoms with Gasteiger partial charge in [0.15, 0.2) is 0 Å². The molecule has 1 aliphatic heterocycles. The van der Waals surface area contributed by atoms with Crippen LogP contribution in [-0.4, -0.2) is 62.9 Å². The van der Waals surface area contributed by atoms with Gasteiger partial charge in [0.1, 0.15) is 13.1 Å². The van der Waals surface area contributed by atoms with Gasteiger partial charge in [0.2, 0.25) is 0 Å². The lowest BCUT2D eigenvalue weighted by Crippen LogP contribution is -2.25. The van der Waals surface area contributed by atoms with Crippen LogP contribution in [0.1, 0.15) is 174 Å². The van der Waals surface area contributed by atoms with Crippen molar-refractivity contribution in [1.29, 1.82) is 0 Å². The van der Waals surface area contributed by atoms with E-state index in [2.05, 4.69) is 18.7 Å². The Bertz CT molecular complexity index is 600. The van der Waals surface area contributed by atoms with E-state index in [-0.39, 0.29) is 12.1 Å². The molecule has 0 aliphatic carbocycles. The van der Waals surface area contributed by atoms with E-state index in [0.717, 1.165) is 64.4 Å². The van der Waals surface area contributed by atoms with Crippen molar-refractivity contribution < 1.29 is 23.8 Å². The molecule has 1 saturated heterocycles. The second-order valence-corrected chi connectivity index (χ2v) is 13.0. The zero-order valence-corrected chi connectivity index (χ0v) is 28.6. The molecule has 0 saturated carbocycles. The first-order chi connectivity index (χ1) is 21.2. The van der Waals surface area contributed by atoms with E-state index < -0.39 is 0 Å². The minimum Gasteiger partial charge on any atom is -0.466 e. The normalized spacial score (nSPS) is 14.5. The fourth-order valence-electron chi connectivity index (χ4n) is 6.23. The topological polar surface area (TPSA) is 65.1 Å². The fraction of sp³-hybridized carbons (Fsp3) is 0.946. The van der Waals surface area contributed by atoms with Crippen LogP contribution >= 0.6 is 0 Å². The quantitative estimate of drug-likeness (QED) is 0.0319. The number of ether oxygens (including phenoxy) is 3. The number of likely N-dealkylation sites (tertiary alicyclic amines) is 1. The van der Waals surface area contributed by atoms with E-state index in [1.54, 1.807) is 0 Å². The summed E-state index contributed by atoms with van der Waals surface area (Å²) < 4.78 is 17.6. The number of carbonyl (C=O) groups excluding carboxylic acids is 2. The SMILES string of the molecule is CCCCCC(CCCCC)CCOC(=O)CCCCCCCC(CCCCCCCC=O)OCOCCN1CCCC1. The fourth-order valence-corrected chi connectivity index (χ4v) is 6.23. The maximum Gasteiger partial charge on any atom is 0.305 e. The maximum absolute atomic E-state index is 12.3. The molecule has 254 valence electrons. The molecule has 0 bridgehead atoms. The van der Waals surface area contributed by atoms with Crippen molar-refractivity contribution in [1.82, 2.24) is 4.90 Å². The van der Waals surface area contributed by atoms with Crippen LogP contribution in [0.4, 0.5) is 0 Å². The minimum absolute atomic E-state index is 0.00906. The van der Waals surface area contributed by atoms with Crippen LogP contribution in [0.5, 0.6) is 0 Å². The van der Waals surface area contributed by atoms with Gasteiger partial charge in [-0.25, -0.2) is 0 Å². The molecule has 0 radical (unpaired) electrons. The number of hydrogen-bond donors (Lipinski definition) is 0. The van der Waals surface area contributed by atoms with Crippen LogP contribution < -0.4 is 0 Å². The molecule has 1 atom stereocenters. The summed E-state index contributed by atoms with van der Waals surface area (Å²) in [4.78, 5) is 25.2. The molecular formula is C37H71NO5. The third-order valence-electron chi connectivity index (χ3n) is 9.11. The second kappa shape index (κ2) is 31.0. The van der Waals surface area contributed by atoms with E-state index in [4.69, 9.17) is 14.2 Å². The molecule has 6 heteroatoms. The summed E-state index contributed by atoms with van der Waals surface area (Å²) in [6.45, 7) is 9.71. The van der Waals surface area contributed by atoms with Gasteiger partial charge in [-0.05, 0) is 64.0 Å². The Morgan fingerprint density at radius 1 is 0.698 bits per heavy atom. The summed E-state index contributed by atoms with van der Waals surface area (Å²) >= 11 is 0. The number of aldehydes is 1. The van der Waals surface area contributed by atoms with Gasteiger partial charge in [0, 0.05) is 19.4 Å². The van der Waals surface area contributed by atoms with E-state index >= 15 is 0 Å². The van der Waals surface area contributed by atoms with Crippen LogP contribution in [0, 0.1) is 5.92 Å². The van der Waals surface area contributed by atoms with Gasteiger partial charge in [0.05, 0.1) is 19.3 Å². The van der Waals surface area contributed by atoms with Crippen molar-refractivity contribution in [2.45, 2.75) is 180 Å². The van der Waals surface area contributed by atoms with Crippen molar-refractivity contribution in [2.24, 2.45) is 5.92 Å². The highest BCUT2D eigenvalue weighted by molar-refractivity contribution is 5.69. The zero-order chi connectivity index (χ0) is 31.1. The lowest BCUT2D eigenvalue weighted by atomic mass is 9.92. The Labute approximate surface area is 266 Å². The van der Waals surface area contributed by atoms with Crippen LogP contribution in [0.15, 0.2) is 0 Å². The largest absolute Gasteiger partial charge is 0.466 e. The molecule has 0 aromatic heterocycles. The second-order valence-electron chi connectivity index (χ2n) is 13.0. The standard InChI is InChI=1S/C37H71NO5/c1-3-5-14-22-35(23-15-6-4-2)27-32-42-37(40)26-18-12-9-11-17-25-36(24-16-10-7-8-13-21-31-39)43-34-41-33-30-38-28-19-20-29-38/h31,35-36H,3-30,32-34H2,1-2H3.